The fourth-order valence-electron chi connectivity index (χ4n) is 3.59. The molecule has 0 bridgehead atoms. The summed E-state index contributed by atoms with van der Waals surface area (Å²) in [5.41, 5.74) is 2.50. The number of ether oxygens (including phenoxy) is 1. The normalized spacial score (nSPS) is 11.2. The molecule has 0 radical (unpaired) electrons. The minimum Gasteiger partial charge on any atom is -0.497 e. The van der Waals surface area contributed by atoms with E-state index in [0.717, 1.165) is 32.1 Å². The van der Waals surface area contributed by atoms with Gasteiger partial charge in [-0.05, 0) is 43.7 Å². The Bertz CT molecular complexity index is 1470. The quantitative estimate of drug-likeness (QED) is 0.385. The second-order valence-electron chi connectivity index (χ2n) is 7.40. The molecule has 2 aromatic carbocycles. The Morgan fingerprint density at radius 3 is 2.47 bits per heavy atom. The smallest absolute Gasteiger partial charge is 0.263 e. The summed E-state index contributed by atoms with van der Waals surface area (Å²) in [5.74, 6) is 2.11. The summed E-state index contributed by atoms with van der Waals surface area (Å²) in [6.07, 6.45) is 0. The number of thiophene rings is 1. The van der Waals surface area contributed by atoms with E-state index in [0.29, 0.717) is 22.9 Å². The van der Waals surface area contributed by atoms with Crippen LogP contribution >= 0.6 is 11.3 Å². The summed E-state index contributed by atoms with van der Waals surface area (Å²) in [4.78, 5) is 24.7. The SMILES string of the molecule is COc1ccc(-c2noc(Cn3c(-c4ccccc4)nc4sc(C)c(C)c4c3=O)n2)cc1. The topological polar surface area (TPSA) is 83.0 Å². The summed E-state index contributed by atoms with van der Waals surface area (Å²) < 4.78 is 12.3. The molecule has 3 heterocycles. The van der Waals surface area contributed by atoms with Crippen LogP contribution in [-0.4, -0.2) is 26.8 Å². The molecule has 0 saturated heterocycles. The van der Waals surface area contributed by atoms with E-state index in [2.05, 4.69) is 10.1 Å². The van der Waals surface area contributed by atoms with Gasteiger partial charge in [-0.1, -0.05) is 35.5 Å². The minimum absolute atomic E-state index is 0.111. The van der Waals surface area contributed by atoms with Gasteiger partial charge in [-0.2, -0.15) is 4.98 Å². The van der Waals surface area contributed by atoms with Crippen molar-refractivity contribution in [3.05, 3.63) is 81.3 Å². The van der Waals surface area contributed by atoms with Gasteiger partial charge >= 0.3 is 0 Å². The lowest BCUT2D eigenvalue weighted by atomic mass is 10.2. The van der Waals surface area contributed by atoms with E-state index in [-0.39, 0.29) is 12.1 Å². The Balaban J connectivity index is 1.60. The summed E-state index contributed by atoms with van der Waals surface area (Å²) in [6.45, 7) is 4.09. The van der Waals surface area contributed by atoms with Gasteiger partial charge in [0, 0.05) is 16.0 Å². The van der Waals surface area contributed by atoms with Gasteiger partial charge in [0.25, 0.3) is 5.56 Å². The third kappa shape index (κ3) is 3.48. The molecule has 5 rings (SSSR count). The molecule has 0 unspecified atom stereocenters. The standard InChI is InChI=1S/C24H20N4O3S/c1-14-15(2)32-23-20(14)24(29)28(22(26-23)17-7-5-4-6-8-17)13-19-25-21(27-31-19)16-9-11-18(30-3)12-10-16/h4-12H,13H2,1-3H3. The maximum absolute atomic E-state index is 13.5. The number of aryl methyl sites for hydroxylation is 2. The van der Waals surface area contributed by atoms with Crippen LogP contribution in [0.15, 0.2) is 63.9 Å². The zero-order valence-electron chi connectivity index (χ0n) is 17.8. The first-order valence-electron chi connectivity index (χ1n) is 10.1. The highest BCUT2D eigenvalue weighted by Crippen LogP contribution is 2.29. The van der Waals surface area contributed by atoms with Crippen LogP contribution in [0.5, 0.6) is 5.75 Å². The molecule has 5 aromatic rings. The molecule has 0 aliphatic carbocycles. The van der Waals surface area contributed by atoms with Crippen LogP contribution in [0.3, 0.4) is 0 Å². The molecule has 0 aliphatic heterocycles. The molecular formula is C24H20N4O3S. The molecule has 32 heavy (non-hydrogen) atoms. The van der Waals surface area contributed by atoms with Crippen LogP contribution in [0.25, 0.3) is 33.0 Å². The summed E-state index contributed by atoms with van der Waals surface area (Å²) in [5, 5.41) is 4.73. The first kappa shape index (κ1) is 20.1. The van der Waals surface area contributed by atoms with Crippen molar-refractivity contribution in [3.63, 3.8) is 0 Å². The maximum Gasteiger partial charge on any atom is 0.263 e. The van der Waals surface area contributed by atoms with Crippen molar-refractivity contribution in [2.24, 2.45) is 0 Å². The number of aromatic nitrogens is 4. The van der Waals surface area contributed by atoms with Crippen molar-refractivity contribution in [1.29, 1.82) is 0 Å². The lowest BCUT2D eigenvalue weighted by Crippen LogP contribution is -2.24. The fraction of sp³-hybridized carbons (Fsp3) is 0.167. The minimum atomic E-state index is -0.111. The Morgan fingerprint density at radius 1 is 1.00 bits per heavy atom. The van der Waals surface area contributed by atoms with Crippen molar-refractivity contribution < 1.29 is 9.26 Å². The zero-order valence-corrected chi connectivity index (χ0v) is 18.6. The van der Waals surface area contributed by atoms with Crippen LogP contribution in [-0.2, 0) is 6.54 Å². The molecule has 0 fully saturated rings. The second-order valence-corrected chi connectivity index (χ2v) is 8.60. The zero-order chi connectivity index (χ0) is 22.2. The van der Waals surface area contributed by atoms with Crippen molar-refractivity contribution in [2.45, 2.75) is 20.4 Å². The van der Waals surface area contributed by atoms with E-state index in [1.807, 2.05) is 68.4 Å². The first-order valence-corrected chi connectivity index (χ1v) is 10.9. The average Bonchev–Trinajstić information content (AvgIpc) is 3.40. The van der Waals surface area contributed by atoms with Crippen LogP contribution in [0.1, 0.15) is 16.3 Å². The molecule has 3 aromatic heterocycles. The number of hydrogen-bond acceptors (Lipinski definition) is 7. The molecule has 0 atom stereocenters. The van der Waals surface area contributed by atoms with Gasteiger partial charge in [0.05, 0.1) is 12.5 Å². The van der Waals surface area contributed by atoms with Gasteiger partial charge in [0.15, 0.2) is 0 Å². The number of nitrogens with zero attached hydrogens (tertiary/aromatic N) is 4. The first-order chi connectivity index (χ1) is 15.5. The number of fused-ring (bicyclic) bond motifs is 1. The molecular weight excluding hydrogens is 424 g/mol. The van der Waals surface area contributed by atoms with Gasteiger partial charge in [0.1, 0.15) is 22.9 Å². The van der Waals surface area contributed by atoms with Crippen LogP contribution in [0, 0.1) is 13.8 Å². The summed E-state index contributed by atoms with van der Waals surface area (Å²) >= 11 is 1.54. The molecule has 0 amide bonds. The van der Waals surface area contributed by atoms with E-state index in [1.54, 1.807) is 11.7 Å². The van der Waals surface area contributed by atoms with Crippen molar-refractivity contribution in [2.75, 3.05) is 7.11 Å². The molecule has 0 aliphatic rings. The highest BCUT2D eigenvalue weighted by Gasteiger charge is 2.19. The van der Waals surface area contributed by atoms with Gasteiger partial charge < -0.3 is 9.26 Å². The van der Waals surface area contributed by atoms with E-state index in [1.165, 1.54) is 11.3 Å². The van der Waals surface area contributed by atoms with Crippen molar-refractivity contribution in [3.8, 4) is 28.5 Å². The third-order valence-electron chi connectivity index (χ3n) is 5.43. The lowest BCUT2D eigenvalue weighted by Gasteiger charge is -2.11. The number of methoxy groups -OCH3 is 1. The van der Waals surface area contributed by atoms with Crippen LogP contribution < -0.4 is 10.3 Å². The third-order valence-corrected chi connectivity index (χ3v) is 6.53. The number of hydrogen-bond donors (Lipinski definition) is 0. The van der Waals surface area contributed by atoms with Crippen LogP contribution in [0.2, 0.25) is 0 Å². The maximum atomic E-state index is 13.5. The summed E-state index contributed by atoms with van der Waals surface area (Å²) in [7, 11) is 1.62. The predicted octanol–water partition coefficient (Wildman–Crippen LogP) is 4.85. The molecule has 0 N–H and O–H groups in total. The Labute approximate surface area is 187 Å². The number of rotatable bonds is 5. The summed E-state index contributed by atoms with van der Waals surface area (Å²) in [6, 6.07) is 17.1. The fourth-order valence-corrected chi connectivity index (χ4v) is 4.61. The lowest BCUT2D eigenvalue weighted by molar-refractivity contribution is 0.370. The Kier molecular flexibility index (Phi) is 5.07. The van der Waals surface area contributed by atoms with Crippen molar-refractivity contribution >= 4 is 21.6 Å². The Morgan fingerprint density at radius 2 is 1.75 bits per heavy atom. The Hall–Kier alpha value is -3.78. The van der Waals surface area contributed by atoms with Crippen LogP contribution in [0.4, 0.5) is 0 Å². The number of benzene rings is 2. The van der Waals surface area contributed by atoms with Gasteiger partial charge in [-0.3, -0.25) is 9.36 Å². The molecule has 7 nitrogen and oxygen atoms in total. The van der Waals surface area contributed by atoms with Gasteiger partial charge in [-0.15, -0.1) is 11.3 Å². The molecule has 0 saturated carbocycles. The van der Waals surface area contributed by atoms with Gasteiger partial charge in [-0.25, -0.2) is 4.98 Å². The predicted molar refractivity (Wildman–Crippen MR) is 124 cm³/mol. The highest BCUT2D eigenvalue weighted by atomic mass is 32.1. The van der Waals surface area contributed by atoms with E-state index >= 15 is 0 Å². The van der Waals surface area contributed by atoms with E-state index in [4.69, 9.17) is 14.2 Å². The monoisotopic (exact) mass is 444 g/mol. The molecule has 160 valence electrons. The second kappa shape index (κ2) is 8.05. The van der Waals surface area contributed by atoms with Gasteiger partial charge in [0.2, 0.25) is 11.7 Å². The highest BCUT2D eigenvalue weighted by molar-refractivity contribution is 7.18. The average molecular weight is 445 g/mol. The largest absolute Gasteiger partial charge is 0.497 e. The molecule has 8 heteroatoms. The van der Waals surface area contributed by atoms with E-state index < -0.39 is 0 Å². The van der Waals surface area contributed by atoms with E-state index in [9.17, 15) is 4.79 Å². The van der Waals surface area contributed by atoms with Crippen molar-refractivity contribution in [1.82, 2.24) is 19.7 Å². The molecule has 0 spiro atoms.